The second kappa shape index (κ2) is 3.28. The Morgan fingerprint density at radius 2 is 2.00 bits per heavy atom. The van der Waals surface area contributed by atoms with Crippen LogP contribution in [0.4, 0.5) is 5.69 Å². The zero-order chi connectivity index (χ0) is 8.39. The number of rotatable bonds is 1. The van der Waals surface area contributed by atoms with Gasteiger partial charge < -0.3 is 4.90 Å². The Kier molecular flexibility index (Phi) is 2.14. The van der Waals surface area contributed by atoms with Gasteiger partial charge in [-0.15, -0.1) is 0 Å². The summed E-state index contributed by atoms with van der Waals surface area (Å²) in [6, 6.07) is 10.5. The van der Waals surface area contributed by atoms with Crippen LogP contribution in [0.2, 0.25) is 0 Å². The van der Waals surface area contributed by atoms with Crippen LogP contribution in [0.25, 0.3) is 0 Å². The van der Waals surface area contributed by atoms with Crippen LogP contribution < -0.4 is 4.90 Å². The molecule has 0 saturated carbocycles. The lowest BCUT2D eigenvalue weighted by Crippen LogP contribution is -2.10. The van der Waals surface area contributed by atoms with Gasteiger partial charge in [-0.2, -0.15) is 0 Å². The monoisotopic (exact) mass is 177 g/mol. The van der Waals surface area contributed by atoms with E-state index in [0.717, 1.165) is 0 Å². The zero-order valence-electron chi connectivity index (χ0n) is 7.14. The number of benzene rings is 1. The molecule has 62 valence electrons. The van der Waals surface area contributed by atoms with Crippen LogP contribution >= 0.6 is 7.92 Å². The van der Waals surface area contributed by atoms with E-state index in [2.05, 4.69) is 53.9 Å². The molecule has 1 nitrogen and oxygen atoms in total. The second-order valence-electron chi connectivity index (χ2n) is 3.00. The van der Waals surface area contributed by atoms with Gasteiger partial charge in [0.05, 0.1) is 0 Å². The molecule has 1 heterocycles. The van der Waals surface area contributed by atoms with Crippen molar-refractivity contribution in [1.29, 1.82) is 0 Å². The fourth-order valence-corrected chi connectivity index (χ4v) is 2.54. The van der Waals surface area contributed by atoms with E-state index in [-0.39, 0.29) is 7.92 Å². The van der Waals surface area contributed by atoms with Gasteiger partial charge in [0.2, 0.25) is 0 Å². The predicted octanol–water partition coefficient (Wildman–Crippen LogP) is 3.05. The lowest BCUT2D eigenvalue weighted by atomic mass is 10.3. The quantitative estimate of drug-likeness (QED) is 0.596. The number of anilines is 1. The highest BCUT2D eigenvalue weighted by molar-refractivity contribution is 7.60. The molecule has 0 spiro atoms. The van der Waals surface area contributed by atoms with Crippen LogP contribution in [0.1, 0.15) is 0 Å². The SMILES string of the molecule is CP1C=CN(c2ccccc2)C1. The molecule has 1 aliphatic rings. The van der Waals surface area contributed by atoms with E-state index >= 15 is 0 Å². The lowest BCUT2D eigenvalue weighted by molar-refractivity contribution is 1.18. The van der Waals surface area contributed by atoms with Crippen LogP contribution in [0.3, 0.4) is 0 Å². The summed E-state index contributed by atoms with van der Waals surface area (Å²) in [4.78, 5) is 2.31. The van der Waals surface area contributed by atoms with Crippen molar-refractivity contribution < 1.29 is 0 Å². The summed E-state index contributed by atoms with van der Waals surface area (Å²) in [7, 11) is 0.117. The molecule has 1 aliphatic heterocycles. The van der Waals surface area contributed by atoms with Gasteiger partial charge in [-0.25, -0.2) is 0 Å². The Morgan fingerprint density at radius 3 is 2.58 bits per heavy atom. The Bertz CT molecular complexity index is 281. The molecular formula is C10H12NP. The third-order valence-corrected chi connectivity index (χ3v) is 3.36. The van der Waals surface area contributed by atoms with Gasteiger partial charge in [0.1, 0.15) is 0 Å². The molecular weight excluding hydrogens is 165 g/mol. The molecule has 1 unspecified atom stereocenters. The second-order valence-corrected chi connectivity index (χ2v) is 5.10. The Labute approximate surface area is 74.5 Å². The third kappa shape index (κ3) is 1.51. The largest absolute Gasteiger partial charge is 0.343 e. The first-order valence-electron chi connectivity index (χ1n) is 4.06. The number of hydrogen-bond acceptors (Lipinski definition) is 1. The normalized spacial score (nSPS) is 21.8. The van der Waals surface area contributed by atoms with Crippen molar-refractivity contribution in [3.63, 3.8) is 0 Å². The van der Waals surface area contributed by atoms with E-state index in [4.69, 9.17) is 0 Å². The van der Waals surface area contributed by atoms with Crippen LogP contribution in [0.5, 0.6) is 0 Å². The van der Waals surface area contributed by atoms with Crippen LogP contribution in [0.15, 0.2) is 42.3 Å². The van der Waals surface area contributed by atoms with Crippen LogP contribution in [-0.4, -0.2) is 13.0 Å². The van der Waals surface area contributed by atoms with Crippen molar-refractivity contribution in [1.82, 2.24) is 0 Å². The van der Waals surface area contributed by atoms with E-state index in [1.165, 1.54) is 12.0 Å². The van der Waals surface area contributed by atoms with Gasteiger partial charge >= 0.3 is 0 Å². The molecule has 0 bridgehead atoms. The molecule has 0 radical (unpaired) electrons. The van der Waals surface area contributed by atoms with Gasteiger partial charge in [0.25, 0.3) is 0 Å². The first-order chi connectivity index (χ1) is 5.86. The first-order valence-corrected chi connectivity index (χ1v) is 6.11. The van der Waals surface area contributed by atoms with Crippen molar-refractivity contribution in [3.05, 3.63) is 42.3 Å². The summed E-state index contributed by atoms with van der Waals surface area (Å²) < 4.78 is 0. The number of para-hydroxylation sites is 1. The van der Waals surface area contributed by atoms with E-state index in [9.17, 15) is 0 Å². The average molecular weight is 177 g/mol. The van der Waals surface area contributed by atoms with Crippen molar-refractivity contribution in [2.24, 2.45) is 0 Å². The van der Waals surface area contributed by atoms with Crippen molar-refractivity contribution in [2.45, 2.75) is 0 Å². The van der Waals surface area contributed by atoms with Crippen LogP contribution in [-0.2, 0) is 0 Å². The Morgan fingerprint density at radius 1 is 1.25 bits per heavy atom. The maximum Gasteiger partial charge on any atom is 0.0456 e. The fourth-order valence-electron chi connectivity index (χ4n) is 1.32. The van der Waals surface area contributed by atoms with E-state index in [1.54, 1.807) is 0 Å². The Hall–Kier alpha value is -0.810. The molecule has 0 saturated heterocycles. The predicted molar refractivity (Wildman–Crippen MR) is 55.8 cm³/mol. The smallest absolute Gasteiger partial charge is 0.0456 e. The number of nitrogens with zero attached hydrogens (tertiary/aromatic N) is 1. The van der Waals surface area contributed by atoms with E-state index in [0.29, 0.717) is 0 Å². The third-order valence-electron chi connectivity index (χ3n) is 1.96. The molecule has 0 aliphatic carbocycles. The summed E-state index contributed by atoms with van der Waals surface area (Å²) in [5.41, 5.74) is 1.31. The van der Waals surface area contributed by atoms with Gasteiger partial charge in [0, 0.05) is 18.2 Å². The molecule has 0 aromatic heterocycles. The Balaban J connectivity index is 2.18. The fraction of sp³-hybridized carbons (Fsp3) is 0.200. The van der Waals surface area contributed by atoms with E-state index < -0.39 is 0 Å². The maximum atomic E-state index is 2.31. The summed E-state index contributed by atoms with van der Waals surface area (Å²) in [5.74, 6) is 2.31. The minimum atomic E-state index is 0.117. The van der Waals surface area contributed by atoms with Crippen molar-refractivity contribution in [2.75, 3.05) is 17.9 Å². The van der Waals surface area contributed by atoms with E-state index in [1.807, 2.05) is 0 Å². The zero-order valence-corrected chi connectivity index (χ0v) is 8.04. The lowest BCUT2D eigenvalue weighted by Gasteiger charge is -2.16. The molecule has 1 atom stereocenters. The minimum Gasteiger partial charge on any atom is -0.343 e. The van der Waals surface area contributed by atoms with Crippen molar-refractivity contribution in [3.8, 4) is 0 Å². The highest BCUT2D eigenvalue weighted by Crippen LogP contribution is 2.40. The molecule has 1 aromatic rings. The molecule has 2 heteroatoms. The molecule has 0 amide bonds. The minimum absolute atomic E-state index is 0.117. The van der Waals surface area contributed by atoms with Gasteiger partial charge in [0.15, 0.2) is 0 Å². The molecule has 2 rings (SSSR count). The summed E-state index contributed by atoms with van der Waals surface area (Å²) in [5, 5.41) is 0. The standard InChI is InChI=1S/C10H12NP/c1-12-8-7-11(9-12)10-5-3-2-4-6-10/h2-8H,9H2,1H3. The van der Waals surface area contributed by atoms with Gasteiger partial charge in [-0.05, 0) is 24.6 Å². The highest BCUT2D eigenvalue weighted by atomic mass is 31.1. The van der Waals surface area contributed by atoms with Crippen molar-refractivity contribution >= 4 is 13.6 Å². The summed E-state index contributed by atoms with van der Waals surface area (Å²) in [6.45, 7) is 2.30. The van der Waals surface area contributed by atoms with Gasteiger partial charge in [-0.1, -0.05) is 26.1 Å². The molecule has 12 heavy (non-hydrogen) atoms. The van der Waals surface area contributed by atoms with Crippen LogP contribution in [0, 0.1) is 0 Å². The first kappa shape index (κ1) is 7.82. The average Bonchev–Trinajstić information content (AvgIpc) is 2.54. The number of hydrogen-bond donors (Lipinski definition) is 0. The summed E-state index contributed by atoms with van der Waals surface area (Å²) >= 11 is 0. The highest BCUT2D eigenvalue weighted by Gasteiger charge is 2.11. The molecule has 0 fully saturated rings. The topological polar surface area (TPSA) is 3.24 Å². The summed E-state index contributed by atoms with van der Waals surface area (Å²) in [6.07, 6.45) is 3.38. The molecule has 1 aromatic carbocycles. The maximum absolute atomic E-state index is 2.31. The van der Waals surface area contributed by atoms with Gasteiger partial charge in [-0.3, -0.25) is 0 Å². The molecule has 0 N–H and O–H groups in total.